The van der Waals surface area contributed by atoms with Crippen molar-refractivity contribution in [1.82, 2.24) is 10.2 Å². The molecule has 0 unspecified atom stereocenters. The second kappa shape index (κ2) is 3.31. The van der Waals surface area contributed by atoms with Gasteiger partial charge in [-0.05, 0) is 5.56 Å². The molecule has 2 rings (SSSR count). The fraction of sp³-hybridized carbons (Fsp3) is 0.100. The minimum Gasteiger partial charge on any atom is -0.480 e. The van der Waals surface area contributed by atoms with Crippen LogP contribution in [0.2, 0.25) is 0 Å². The topological polar surface area (TPSA) is 37.9 Å². The summed E-state index contributed by atoms with van der Waals surface area (Å²) in [4.78, 5) is 0. The minimum absolute atomic E-state index is 0.610. The number of benzene rings is 1. The first-order valence-electron chi connectivity index (χ1n) is 4.05. The summed E-state index contributed by atoms with van der Waals surface area (Å²) in [5.74, 6) is 0.610. The maximum absolute atomic E-state index is 4.97. The first kappa shape index (κ1) is 7.86. The van der Waals surface area contributed by atoms with Crippen LogP contribution >= 0.6 is 0 Å². The van der Waals surface area contributed by atoms with Gasteiger partial charge in [0.2, 0.25) is 5.88 Å². The quantitative estimate of drug-likeness (QED) is 0.756. The Kier molecular flexibility index (Phi) is 2.00. The van der Waals surface area contributed by atoms with Gasteiger partial charge in [-0.3, -0.25) is 5.10 Å². The maximum Gasteiger partial charge on any atom is 0.232 e. The number of aromatic nitrogens is 2. The predicted octanol–water partition coefficient (Wildman–Crippen LogP) is 2.09. The molecule has 0 radical (unpaired) electrons. The van der Waals surface area contributed by atoms with Crippen molar-refractivity contribution in [2.24, 2.45) is 0 Å². The van der Waals surface area contributed by atoms with Crippen LogP contribution in [0.3, 0.4) is 0 Å². The molecule has 1 N–H and O–H groups in total. The molecule has 2 aromatic rings. The Bertz CT molecular complexity index is 381. The molecule has 0 aliphatic rings. The van der Waals surface area contributed by atoms with Crippen LogP contribution in [0.4, 0.5) is 0 Å². The molecule has 0 bridgehead atoms. The highest BCUT2D eigenvalue weighted by molar-refractivity contribution is 5.59. The summed E-state index contributed by atoms with van der Waals surface area (Å²) in [7, 11) is 1.60. The van der Waals surface area contributed by atoms with Crippen LogP contribution in [-0.4, -0.2) is 17.3 Å². The zero-order valence-electron chi connectivity index (χ0n) is 7.32. The molecule has 0 aliphatic heterocycles. The van der Waals surface area contributed by atoms with Crippen molar-refractivity contribution >= 4 is 0 Å². The van der Waals surface area contributed by atoms with Crippen molar-refractivity contribution in [3.05, 3.63) is 36.4 Å². The lowest BCUT2D eigenvalue weighted by atomic mass is 10.2. The molecule has 66 valence electrons. The summed E-state index contributed by atoms with van der Waals surface area (Å²) in [6.45, 7) is 0. The summed E-state index contributed by atoms with van der Waals surface area (Å²) >= 11 is 0. The highest BCUT2D eigenvalue weighted by Gasteiger charge is 2.01. The molecule has 0 spiro atoms. The van der Waals surface area contributed by atoms with Gasteiger partial charge in [0, 0.05) is 6.07 Å². The van der Waals surface area contributed by atoms with E-state index in [0.717, 1.165) is 11.3 Å². The number of rotatable bonds is 2. The van der Waals surface area contributed by atoms with E-state index in [2.05, 4.69) is 10.2 Å². The number of hydrogen-bond acceptors (Lipinski definition) is 2. The van der Waals surface area contributed by atoms with E-state index >= 15 is 0 Å². The second-order valence-electron chi connectivity index (χ2n) is 2.69. The van der Waals surface area contributed by atoms with E-state index in [9.17, 15) is 0 Å². The van der Waals surface area contributed by atoms with Crippen LogP contribution in [0.5, 0.6) is 5.88 Å². The van der Waals surface area contributed by atoms with Crippen molar-refractivity contribution < 1.29 is 4.74 Å². The third kappa shape index (κ3) is 1.54. The van der Waals surface area contributed by atoms with Gasteiger partial charge in [-0.15, -0.1) is 5.10 Å². The second-order valence-corrected chi connectivity index (χ2v) is 2.69. The Morgan fingerprint density at radius 1 is 1.23 bits per heavy atom. The molecule has 0 atom stereocenters. The predicted molar refractivity (Wildman–Crippen MR) is 50.6 cm³/mol. The molecule has 1 aromatic heterocycles. The van der Waals surface area contributed by atoms with Crippen LogP contribution < -0.4 is 4.74 Å². The van der Waals surface area contributed by atoms with E-state index in [0.29, 0.717) is 5.88 Å². The lowest BCUT2D eigenvalue weighted by molar-refractivity contribution is 0.397. The summed E-state index contributed by atoms with van der Waals surface area (Å²) in [6, 6.07) is 11.9. The SMILES string of the molecule is COc1cc(-c2ccccc2)[nH]n1. The summed E-state index contributed by atoms with van der Waals surface area (Å²) in [6.07, 6.45) is 0. The van der Waals surface area contributed by atoms with Crippen molar-refractivity contribution in [2.45, 2.75) is 0 Å². The molecular formula is C10H10N2O. The van der Waals surface area contributed by atoms with Crippen LogP contribution in [0, 0.1) is 0 Å². The Hall–Kier alpha value is -1.77. The lowest BCUT2D eigenvalue weighted by Gasteiger charge is -1.93. The first-order valence-corrected chi connectivity index (χ1v) is 4.05. The molecule has 0 amide bonds. The summed E-state index contributed by atoms with van der Waals surface area (Å²) < 4.78 is 4.97. The highest BCUT2D eigenvalue weighted by Crippen LogP contribution is 2.19. The third-order valence-corrected chi connectivity index (χ3v) is 1.85. The Morgan fingerprint density at radius 2 is 2.00 bits per heavy atom. The third-order valence-electron chi connectivity index (χ3n) is 1.85. The lowest BCUT2D eigenvalue weighted by Crippen LogP contribution is -1.79. The van der Waals surface area contributed by atoms with Crippen LogP contribution in [0.15, 0.2) is 36.4 Å². The molecule has 1 heterocycles. The van der Waals surface area contributed by atoms with Gasteiger partial charge in [-0.25, -0.2) is 0 Å². The van der Waals surface area contributed by atoms with E-state index in [1.165, 1.54) is 0 Å². The van der Waals surface area contributed by atoms with Crippen LogP contribution in [0.25, 0.3) is 11.3 Å². The van der Waals surface area contributed by atoms with Gasteiger partial charge >= 0.3 is 0 Å². The van der Waals surface area contributed by atoms with Crippen molar-refractivity contribution in [1.29, 1.82) is 0 Å². The van der Waals surface area contributed by atoms with Gasteiger partial charge < -0.3 is 4.74 Å². The monoisotopic (exact) mass is 174 g/mol. The van der Waals surface area contributed by atoms with E-state index in [1.807, 2.05) is 36.4 Å². The zero-order valence-corrected chi connectivity index (χ0v) is 7.32. The van der Waals surface area contributed by atoms with Gasteiger partial charge in [0.25, 0.3) is 0 Å². The zero-order chi connectivity index (χ0) is 9.10. The van der Waals surface area contributed by atoms with E-state index < -0.39 is 0 Å². The smallest absolute Gasteiger partial charge is 0.232 e. The number of nitrogens with zero attached hydrogens (tertiary/aromatic N) is 1. The fourth-order valence-corrected chi connectivity index (χ4v) is 1.17. The highest BCUT2D eigenvalue weighted by atomic mass is 16.5. The molecule has 0 fully saturated rings. The number of methoxy groups -OCH3 is 1. The Labute approximate surface area is 76.4 Å². The number of H-pyrrole nitrogens is 1. The number of nitrogens with one attached hydrogen (secondary N) is 1. The Morgan fingerprint density at radius 3 is 2.62 bits per heavy atom. The average Bonchev–Trinajstić information content (AvgIpc) is 2.67. The fourth-order valence-electron chi connectivity index (χ4n) is 1.17. The van der Waals surface area contributed by atoms with Crippen LogP contribution in [0.1, 0.15) is 0 Å². The molecular weight excluding hydrogens is 164 g/mol. The molecule has 0 saturated heterocycles. The number of aromatic amines is 1. The molecule has 0 aliphatic carbocycles. The van der Waals surface area contributed by atoms with Gasteiger partial charge in [0.1, 0.15) is 0 Å². The molecule has 0 saturated carbocycles. The molecule has 3 heteroatoms. The number of hydrogen-bond donors (Lipinski definition) is 1. The molecule has 1 aromatic carbocycles. The van der Waals surface area contributed by atoms with Gasteiger partial charge in [-0.1, -0.05) is 30.3 Å². The van der Waals surface area contributed by atoms with E-state index in [-0.39, 0.29) is 0 Å². The van der Waals surface area contributed by atoms with Gasteiger partial charge in [0.05, 0.1) is 12.8 Å². The van der Waals surface area contributed by atoms with Crippen molar-refractivity contribution in [2.75, 3.05) is 7.11 Å². The van der Waals surface area contributed by atoms with Crippen molar-refractivity contribution in [3.8, 4) is 17.1 Å². The normalized spacial score (nSPS) is 9.92. The average molecular weight is 174 g/mol. The standard InChI is InChI=1S/C10H10N2O/c1-13-10-7-9(11-12-10)8-5-3-2-4-6-8/h2-7H,1H3,(H,11,12). The van der Waals surface area contributed by atoms with Crippen molar-refractivity contribution in [3.63, 3.8) is 0 Å². The number of ether oxygens (including phenoxy) is 1. The van der Waals surface area contributed by atoms with E-state index in [4.69, 9.17) is 4.74 Å². The molecule has 13 heavy (non-hydrogen) atoms. The minimum atomic E-state index is 0.610. The molecule has 3 nitrogen and oxygen atoms in total. The summed E-state index contributed by atoms with van der Waals surface area (Å²) in [5.41, 5.74) is 2.08. The Balaban J connectivity index is 2.36. The van der Waals surface area contributed by atoms with Gasteiger partial charge in [0.15, 0.2) is 0 Å². The largest absolute Gasteiger partial charge is 0.480 e. The van der Waals surface area contributed by atoms with Gasteiger partial charge in [-0.2, -0.15) is 0 Å². The van der Waals surface area contributed by atoms with Crippen LogP contribution in [-0.2, 0) is 0 Å². The first-order chi connectivity index (χ1) is 6.40. The summed E-state index contributed by atoms with van der Waals surface area (Å²) in [5, 5.41) is 6.86. The maximum atomic E-state index is 4.97. The van der Waals surface area contributed by atoms with E-state index in [1.54, 1.807) is 7.11 Å².